The van der Waals surface area contributed by atoms with Gasteiger partial charge in [0.25, 0.3) is 0 Å². The van der Waals surface area contributed by atoms with Gasteiger partial charge in [-0.1, -0.05) is 13.8 Å². The molecule has 0 saturated carbocycles. The standard InChI is InChI=1S/C14H28N2O3/c1-10(2)7-12(9-15)8-13(17)16-11(3)5-4-6-14(18)19/h10-12H,4-9,15H2,1-3H3,(H,16,17)(H,18,19). The highest BCUT2D eigenvalue weighted by Gasteiger charge is 2.15. The van der Waals surface area contributed by atoms with E-state index >= 15 is 0 Å². The van der Waals surface area contributed by atoms with E-state index in [0.717, 1.165) is 6.42 Å². The van der Waals surface area contributed by atoms with Crippen LogP contribution in [0, 0.1) is 11.8 Å². The monoisotopic (exact) mass is 272 g/mol. The van der Waals surface area contributed by atoms with E-state index in [1.165, 1.54) is 0 Å². The number of carboxylic acids is 1. The van der Waals surface area contributed by atoms with Crippen molar-refractivity contribution in [2.45, 2.75) is 58.9 Å². The number of carbonyl (C=O) groups is 2. The maximum absolute atomic E-state index is 11.8. The lowest BCUT2D eigenvalue weighted by Gasteiger charge is -2.19. The van der Waals surface area contributed by atoms with Crippen molar-refractivity contribution in [2.75, 3.05) is 6.54 Å². The Labute approximate surface area is 115 Å². The second-order valence-electron chi connectivity index (χ2n) is 5.69. The first-order valence-corrected chi connectivity index (χ1v) is 7.06. The van der Waals surface area contributed by atoms with Gasteiger partial charge in [-0.25, -0.2) is 0 Å². The molecule has 0 rings (SSSR count). The van der Waals surface area contributed by atoms with Crippen molar-refractivity contribution >= 4 is 11.9 Å². The second kappa shape index (κ2) is 9.78. The van der Waals surface area contributed by atoms with E-state index in [1.807, 2.05) is 6.92 Å². The minimum atomic E-state index is -0.793. The maximum Gasteiger partial charge on any atom is 0.303 e. The van der Waals surface area contributed by atoms with Gasteiger partial charge in [-0.2, -0.15) is 0 Å². The molecule has 1 amide bonds. The van der Waals surface area contributed by atoms with Crippen LogP contribution in [0.4, 0.5) is 0 Å². The Morgan fingerprint density at radius 3 is 2.37 bits per heavy atom. The summed E-state index contributed by atoms with van der Waals surface area (Å²) in [7, 11) is 0. The van der Waals surface area contributed by atoms with E-state index < -0.39 is 5.97 Å². The molecule has 0 aromatic carbocycles. The average Bonchev–Trinajstić information content (AvgIpc) is 2.26. The number of nitrogens with one attached hydrogen (secondary N) is 1. The molecular weight excluding hydrogens is 244 g/mol. The zero-order chi connectivity index (χ0) is 14.8. The number of hydrogen-bond donors (Lipinski definition) is 3. The first-order chi connectivity index (χ1) is 8.85. The Morgan fingerprint density at radius 2 is 1.89 bits per heavy atom. The smallest absolute Gasteiger partial charge is 0.303 e. The van der Waals surface area contributed by atoms with Gasteiger partial charge >= 0.3 is 5.97 Å². The van der Waals surface area contributed by atoms with Crippen molar-refractivity contribution in [1.29, 1.82) is 0 Å². The van der Waals surface area contributed by atoms with Gasteiger partial charge in [-0.3, -0.25) is 9.59 Å². The van der Waals surface area contributed by atoms with Crippen LogP contribution in [0.25, 0.3) is 0 Å². The molecule has 0 aromatic heterocycles. The van der Waals surface area contributed by atoms with Crippen molar-refractivity contribution in [3.8, 4) is 0 Å². The SMILES string of the molecule is CC(C)CC(CN)CC(=O)NC(C)CCCC(=O)O. The average molecular weight is 272 g/mol. The number of rotatable bonds is 10. The highest BCUT2D eigenvalue weighted by molar-refractivity contribution is 5.76. The molecule has 0 fully saturated rings. The van der Waals surface area contributed by atoms with Crippen LogP contribution in [0.1, 0.15) is 52.9 Å². The minimum Gasteiger partial charge on any atom is -0.481 e. The number of amides is 1. The summed E-state index contributed by atoms with van der Waals surface area (Å²) < 4.78 is 0. The van der Waals surface area contributed by atoms with E-state index in [2.05, 4.69) is 19.2 Å². The minimum absolute atomic E-state index is 0.0129. The summed E-state index contributed by atoms with van der Waals surface area (Å²) in [5.74, 6) is -0.0156. The van der Waals surface area contributed by atoms with E-state index in [4.69, 9.17) is 10.8 Å². The lowest BCUT2D eigenvalue weighted by Crippen LogP contribution is -2.35. The molecule has 19 heavy (non-hydrogen) atoms. The molecule has 112 valence electrons. The fourth-order valence-electron chi connectivity index (χ4n) is 2.16. The molecular formula is C14H28N2O3. The van der Waals surface area contributed by atoms with E-state index in [-0.39, 0.29) is 24.3 Å². The lowest BCUT2D eigenvalue weighted by atomic mass is 9.94. The number of carboxylic acid groups (broad SMARTS) is 1. The molecule has 4 N–H and O–H groups in total. The molecule has 0 aliphatic heterocycles. The molecule has 0 saturated heterocycles. The highest BCUT2D eigenvalue weighted by Crippen LogP contribution is 2.14. The predicted octanol–water partition coefficient (Wildman–Crippen LogP) is 1.76. The fraction of sp³-hybridized carbons (Fsp3) is 0.857. The number of carbonyl (C=O) groups excluding carboxylic acids is 1. The Kier molecular flexibility index (Phi) is 9.21. The van der Waals surface area contributed by atoms with Crippen LogP contribution in [-0.2, 0) is 9.59 Å². The van der Waals surface area contributed by atoms with Gasteiger partial charge in [0.2, 0.25) is 5.91 Å². The van der Waals surface area contributed by atoms with E-state index in [0.29, 0.717) is 31.7 Å². The molecule has 0 aliphatic rings. The molecule has 0 radical (unpaired) electrons. The largest absolute Gasteiger partial charge is 0.481 e. The summed E-state index contributed by atoms with van der Waals surface area (Å²) in [6.45, 7) is 6.67. The third kappa shape index (κ3) is 10.5. The number of aliphatic carboxylic acids is 1. The van der Waals surface area contributed by atoms with Crippen LogP contribution >= 0.6 is 0 Å². The molecule has 0 bridgehead atoms. The quantitative estimate of drug-likeness (QED) is 0.565. The summed E-state index contributed by atoms with van der Waals surface area (Å²) in [5, 5.41) is 11.4. The highest BCUT2D eigenvalue weighted by atomic mass is 16.4. The van der Waals surface area contributed by atoms with Gasteiger partial charge in [0.1, 0.15) is 0 Å². The Balaban J connectivity index is 3.91. The van der Waals surface area contributed by atoms with Crippen LogP contribution in [-0.4, -0.2) is 29.6 Å². The van der Waals surface area contributed by atoms with Crippen molar-refractivity contribution in [1.82, 2.24) is 5.32 Å². The summed E-state index contributed by atoms with van der Waals surface area (Å²) in [6, 6.07) is 0.0179. The van der Waals surface area contributed by atoms with Gasteiger partial charge < -0.3 is 16.2 Å². The van der Waals surface area contributed by atoms with Gasteiger partial charge in [-0.05, 0) is 44.6 Å². The predicted molar refractivity (Wildman–Crippen MR) is 75.7 cm³/mol. The van der Waals surface area contributed by atoms with Gasteiger partial charge in [0.05, 0.1) is 0 Å². The molecule has 2 atom stereocenters. The number of hydrogen-bond acceptors (Lipinski definition) is 3. The summed E-state index contributed by atoms with van der Waals surface area (Å²) in [6.07, 6.45) is 2.84. The van der Waals surface area contributed by atoms with E-state index in [9.17, 15) is 9.59 Å². The zero-order valence-electron chi connectivity index (χ0n) is 12.3. The van der Waals surface area contributed by atoms with Crippen molar-refractivity contribution in [2.24, 2.45) is 17.6 Å². The third-order valence-electron chi connectivity index (χ3n) is 3.05. The van der Waals surface area contributed by atoms with Crippen molar-refractivity contribution < 1.29 is 14.7 Å². The summed E-state index contributed by atoms with van der Waals surface area (Å²) >= 11 is 0. The van der Waals surface area contributed by atoms with Gasteiger partial charge in [0, 0.05) is 18.9 Å². The van der Waals surface area contributed by atoms with E-state index in [1.54, 1.807) is 0 Å². The number of nitrogens with two attached hydrogens (primary N) is 1. The maximum atomic E-state index is 11.8. The molecule has 2 unspecified atom stereocenters. The van der Waals surface area contributed by atoms with Crippen molar-refractivity contribution in [3.05, 3.63) is 0 Å². The Hall–Kier alpha value is -1.10. The molecule has 0 spiro atoms. The molecule has 0 aromatic rings. The summed E-state index contributed by atoms with van der Waals surface area (Å²) in [4.78, 5) is 22.2. The molecule has 0 aliphatic carbocycles. The Bertz CT molecular complexity index is 280. The normalized spacial score (nSPS) is 14.2. The molecule has 0 heterocycles. The van der Waals surface area contributed by atoms with Crippen LogP contribution in [0.3, 0.4) is 0 Å². The first kappa shape index (κ1) is 17.9. The first-order valence-electron chi connectivity index (χ1n) is 7.06. The van der Waals surface area contributed by atoms with Crippen molar-refractivity contribution in [3.63, 3.8) is 0 Å². The molecule has 5 heteroatoms. The summed E-state index contributed by atoms with van der Waals surface area (Å²) in [5.41, 5.74) is 5.67. The van der Waals surface area contributed by atoms with Crippen LogP contribution in [0.15, 0.2) is 0 Å². The van der Waals surface area contributed by atoms with Crippen LogP contribution in [0.5, 0.6) is 0 Å². The zero-order valence-corrected chi connectivity index (χ0v) is 12.3. The Morgan fingerprint density at radius 1 is 1.26 bits per heavy atom. The van der Waals surface area contributed by atoms with Crippen LogP contribution < -0.4 is 11.1 Å². The van der Waals surface area contributed by atoms with Gasteiger partial charge in [-0.15, -0.1) is 0 Å². The second-order valence-corrected chi connectivity index (χ2v) is 5.69. The molecule has 5 nitrogen and oxygen atoms in total. The lowest BCUT2D eigenvalue weighted by molar-refractivity contribution is -0.137. The topological polar surface area (TPSA) is 92.4 Å². The van der Waals surface area contributed by atoms with Crippen LogP contribution in [0.2, 0.25) is 0 Å². The fourth-order valence-corrected chi connectivity index (χ4v) is 2.16. The third-order valence-corrected chi connectivity index (χ3v) is 3.05. The van der Waals surface area contributed by atoms with Gasteiger partial charge in [0.15, 0.2) is 0 Å².